The van der Waals surface area contributed by atoms with E-state index in [-0.39, 0.29) is 17.7 Å². The Balaban J connectivity index is 1.91. The summed E-state index contributed by atoms with van der Waals surface area (Å²) >= 11 is 1.24. The predicted molar refractivity (Wildman–Crippen MR) is 86.6 cm³/mol. The van der Waals surface area contributed by atoms with Crippen molar-refractivity contribution in [2.75, 3.05) is 7.05 Å². The molecule has 2 heterocycles. The van der Waals surface area contributed by atoms with Gasteiger partial charge in [-0.05, 0) is 11.6 Å². The largest absolute Gasteiger partial charge is 0.416 e. The highest BCUT2D eigenvalue weighted by Gasteiger charge is 2.33. The molecule has 0 atom stereocenters. The van der Waals surface area contributed by atoms with E-state index >= 15 is 0 Å². The van der Waals surface area contributed by atoms with Crippen molar-refractivity contribution in [3.8, 4) is 0 Å². The lowest BCUT2D eigenvalue weighted by Crippen LogP contribution is -2.33. The number of hydrogen-bond donors (Lipinski definition) is 0. The Morgan fingerprint density at radius 2 is 2.04 bits per heavy atom. The summed E-state index contributed by atoms with van der Waals surface area (Å²) in [6.45, 7) is -0.277. The lowest BCUT2D eigenvalue weighted by molar-refractivity contribution is -0.138. The Labute approximate surface area is 144 Å². The topological polar surface area (TPSA) is 54.7 Å². The van der Waals surface area contributed by atoms with Crippen LogP contribution in [0.4, 0.5) is 13.2 Å². The molecule has 3 rings (SSSR count). The number of rotatable bonds is 3. The van der Waals surface area contributed by atoms with Crippen LogP contribution in [-0.4, -0.2) is 27.2 Å². The molecule has 0 radical (unpaired) electrons. The number of alkyl halides is 3. The molecule has 0 N–H and O–H groups in total. The third-order valence-corrected chi connectivity index (χ3v) is 4.42. The lowest BCUT2D eigenvalue weighted by Gasteiger charge is -2.20. The van der Waals surface area contributed by atoms with Crippen molar-refractivity contribution in [3.63, 3.8) is 0 Å². The van der Waals surface area contributed by atoms with Gasteiger partial charge in [-0.25, -0.2) is 4.98 Å². The molecule has 1 amide bonds. The zero-order chi connectivity index (χ0) is 18.2. The average Bonchev–Trinajstić information content (AvgIpc) is 3.03. The van der Waals surface area contributed by atoms with Gasteiger partial charge in [0.2, 0.25) is 0 Å². The van der Waals surface area contributed by atoms with Gasteiger partial charge in [0.15, 0.2) is 4.96 Å². The highest BCUT2D eigenvalue weighted by atomic mass is 32.1. The maximum Gasteiger partial charge on any atom is 0.416 e. The van der Waals surface area contributed by atoms with Gasteiger partial charge in [-0.2, -0.15) is 13.2 Å². The molecule has 0 aliphatic carbocycles. The summed E-state index contributed by atoms with van der Waals surface area (Å²) in [6.07, 6.45) is -1.87. The summed E-state index contributed by atoms with van der Waals surface area (Å²) < 4.78 is 40.4. The fraction of sp³-hybridized carbons (Fsp3) is 0.188. The fourth-order valence-corrected chi connectivity index (χ4v) is 3.11. The second-order valence-electron chi connectivity index (χ2n) is 5.35. The van der Waals surface area contributed by atoms with Crippen molar-refractivity contribution in [2.24, 2.45) is 0 Å². The van der Waals surface area contributed by atoms with Gasteiger partial charge in [-0.3, -0.25) is 14.0 Å². The quantitative estimate of drug-likeness (QED) is 0.715. The molecule has 1 aromatic carbocycles. The molecule has 0 unspecified atom stereocenters. The van der Waals surface area contributed by atoms with Crippen LogP contribution in [0, 0.1) is 0 Å². The molecule has 9 heteroatoms. The number of thiazole rings is 1. The fourth-order valence-electron chi connectivity index (χ4n) is 2.44. The first-order valence-electron chi connectivity index (χ1n) is 7.14. The van der Waals surface area contributed by atoms with E-state index < -0.39 is 23.2 Å². The smallest absolute Gasteiger partial charge is 0.337 e. The molecule has 0 aliphatic heterocycles. The first kappa shape index (κ1) is 17.2. The number of aromatic nitrogens is 2. The Morgan fingerprint density at radius 1 is 1.32 bits per heavy atom. The monoisotopic (exact) mass is 367 g/mol. The molecule has 130 valence electrons. The van der Waals surface area contributed by atoms with E-state index in [1.165, 1.54) is 47.2 Å². The molecule has 2 aromatic heterocycles. The van der Waals surface area contributed by atoms with Crippen molar-refractivity contribution in [2.45, 2.75) is 12.7 Å². The molecule has 25 heavy (non-hydrogen) atoms. The van der Waals surface area contributed by atoms with E-state index in [0.717, 1.165) is 17.2 Å². The Kier molecular flexibility index (Phi) is 4.34. The van der Waals surface area contributed by atoms with Crippen LogP contribution in [0.2, 0.25) is 0 Å². The van der Waals surface area contributed by atoms with E-state index in [1.54, 1.807) is 5.38 Å². The molecule has 3 aromatic rings. The minimum Gasteiger partial charge on any atom is -0.337 e. The van der Waals surface area contributed by atoms with Crippen molar-refractivity contribution in [1.29, 1.82) is 0 Å². The Hall–Kier alpha value is -2.68. The van der Waals surface area contributed by atoms with Crippen LogP contribution >= 0.6 is 11.3 Å². The average molecular weight is 367 g/mol. The van der Waals surface area contributed by atoms with Gasteiger partial charge in [-0.15, -0.1) is 11.3 Å². The molecule has 0 saturated carbocycles. The van der Waals surface area contributed by atoms with E-state index in [9.17, 15) is 22.8 Å². The normalized spacial score (nSPS) is 11.7. The van der Waals surface area contributed by atoms with Crippen LogP contribution in [-0.2, 0) is 12.7 Å². The maximum atomic E-state index is 13.1. The first-order chi connectivity index (χ1) is 11.8. The van der Waals surface area contributed by atoms with Gasteiger partial charge in [0.1, 0.15) is 5.56 Å². The number of carbonyl (C=O) groups is 1. The summed E-state index contributed by atoms with van der Waals surface area (Å²) in [6, 6.07) is 5.02. The number of hydrogen-bond acceptors (Lipinski definition) is 4. The zero-order valence-corrected chi connectivity index (χ0v) is 13.8. The van der Waals surface area contributed by atoms with Gasteiger partial charge in [-0.1, -0.05) is 18.2 Å². The van der Waals surface area contributed by atoms with Crippen LogP contribution in [0.25, 0.3) is 4.96 Å². The minimum atomic E-state index is -4.52. The number of nitrogens with zero attached hydrogens (tertiary/aromatic N) is 3. The molecule has 0 bridgehead atoms. The minimum absolute atomic E-state index is 0.0458. The molecule has 0 aliphatic rings. The summed E-state index contributed by atoms with van der Waals surface area (Å²) in [5.74, 6) is -0.685. The van der Waals surface area contributed by atoms with Gasteiger partial charge < -0.3 is 4.90 Å². The van der Waals surface area contributed by atoms with Crippen molar-refractivity contribution >= 4 is 22.2 Å². The van der Waals surface area contributed by atoms with Crippen molar-refractivity contribution < 1.29 is 18.0 Å². The summed E-state index contributed by atoms with van der Waals surface area (Å²) in [4.78, 5) is 30.3. The second kappa shape index (κ2) is 6.32. The number of halogens is 3. The summed E-state index contributed by atoms with van der Waals surface area (Å²) in [7, 11) is 1.34. The van der Waals surface area contributed by atoms with Gasteiger partial charge >= 0.3 is 6.18 Å². The van der Waals surface area contributed by atoms with Gasteiger partial charge in [0.25, 0.3) is 11.5 Å². The molecular weight excluding hydrogens is 355 g/mol. The summed E-state index contributed by atoms with van der Waals surface area (Å²) in [5, 5.41) is 1.65. The lowest BCUT2D eigenvalue weighted by atomic mass is 10.1. The number of carbonyl (C=O) groups excluding carboxylic acids is 1. The van der Waals surface area contributed by atoms with Gasteiger partial charge in [0.05, 0.1) is 5.56 Å². The summed E-state index contributed by atoms with van der Waals surface area (Å²) in [5.41, 5.74) is -1.59. The highest BCUT2D eigenvalue weighted by Crippen LogP contribution is 2.32. The van der Waals surface area contributed by atoms with E-state index in [1.807, 2.05) is 0 Å². The van der Waals surface area contributed by atoms with Gasteiger partial charge in [0, 0.05) is 31.4 Å². The highest BCUT2D eigenvalue weighted by molar-refractivity contribution is 7.15. The first-order valence-corrected chi connectivity index (χ1v) is 8.02. The molecule has 0 saturated heterocycles. The number of amides is 1. The predicted octanol–water partition coefficient (Wildman–Crippen LogP) is 3.05. The van der Waals surface area contributed by atoms with Crippen LogP contribution in [0.1, 0.15) is 21.5 Å². The SMILES string of the molecule is CN(Cc1ccccc1C(F)(F)F)C(=O)c1cnc2sccn2c1=O. The number of benzene rings is 1. The standard InChI is InChI=1S/C16H12F3N3O2S/c1-21(9-10-4-2-3-5-12(10)16(17,18)19)13(23)11-8-20-15-22(14(11)24)6-7-25-15/h2-8H,9H2,1H3. The zero-order valence-electron chi connectivity index (χ0n) is 12.9. The van der Waals surface area contributed by atoms with E-state index in [0.29, 0.717) is 4.96 Å². The third kappa shape index (κ3) is 3.27. The Morgan fingerprint density at radius 3 is 2.76 bits per heavy atom. The molecule has 0 spiro atoms. The Bertz CT molecular complexity index is 994. The van der Waals surface area contributed by atoms with Crippen molar-refractivity contribution in [3.05, 3.63) is 69.1 Å². The van der Waals surface area contributed by atoms with Crippen LogP contribution in [0.5, 0.6) is 0 Å². The molecular formula is C16H12F3N3O2S. The van der Waals surface area contributed by atoms with Crippen LogP contribution in [0.3, 0.4) is 0 Å². The number of fused-ring (bicyclic) bond motifs is 1. The van der Waals surface area contributed by atoms with E-state index in [4.69, 9.17) is 0 Å². The van der Waals surface area contributed by atoms with E-state index in [2.05, 4.69) is 4.98 Å². The van der Waals surface area contributed by atoms with Crippen LogP contribution < -0.4 is 5.56 Å². The van der Waals surface area contributed by atoms with Crippen LogP contribution in [0.15, 0.2) is 46.8 Å². The second-order valence-corrected chi connectivity index (χ2v) is 6.22. The maximum absolute atomic E-state index is 13.1. The molecule has 5 nitrogen and oxygen atoms in total. The third-order valence-electron chi connectivity index (χ3n) is 3.65. The molecule has 0 fully saturated rings. The van der Waals surface area contributed by atoms with Crippen molar-refractivity contribution in [1.82, 2.24) is 14.3 Å².